The van der Waals surface area contributed by atoms with Crippen molar-refractivity contribution < 1.29 is 32.6 Å². The number of carbonyl (C=O) groups excluding carboxylic acids is 1. The van der Waals surface area contributed by atoms with Crippen LogP contribution in [-0.4, -0.2) is 35.8 Å². The first-order valence-electron chi connectivity index (χ1n) is 8.27. The van der Waals surface area contributed by atoms with Crippen LogP contribution in [0.3, 0.4) is 0 Å². The number of hydrogen-bond acceptors (Lipinski definition) is 5. The first kappa shape index (κ1) is 19.7. The predicted octanol–water partition coefficient (Wildman–Crippen LogP) is 3.00. The van der Waals surface area contributed by atoms with Gasteiger partial charge in [-0.15, -0.1) is 0 Å². The minimum absolute atomic E-state index is 0.00589. The van der Waals surface area contributed by atoms with E-state index < -0.39 is 18.4 Å². The highest BCUT2D eigenvalue weighted by Gasteiger charge is 2.60. The summed E-state index contributed by atoms with van der Waals surface area (Å²) >= 11 is 0. The number of nitrogens with one attached hydrogen (secondary N) is 1. The van der Waals surface area contributed by atoms with Crippen molar-refractivity contribution in [2.75, 3.05) is 7.11 Å². The van der Waals surface area contributed by atoms with E-state index in [2.05, 4.69) is 15.3 Å². The third-order valence-corrected chi connectivity index (χ3v) is 4.25. The average molecular weight is 394 g/mol. The van der Waals surface area contributed by atoms with E-state index in [1.807, 2.05) is 0 Å². The molecule has 0 radical (unpaired) electrons. The van der Waals surface area contributed by atoms with Crippen molar-refractivity contribution in [1.82, 2.24) is 5.32 Å². The molecule has 0 aliphatic carbocycles. The van der Waals surface area contributed by atoms with Crippen LogP contribution >= 0.6 is 0 Å². The van der Waals surface area contributed by atoms with Crippen molar-refractivity contribution >= 4 is 11.6 Å². The molecule has 1 amide bonds. The summed E-state index contributed by atoms with van der Waals surface area (Å²) in [5.41, 5.74) is 1.61. The van der Waals surface area contributed by atoms with Crippen molar-refractivity contribution in [2.24, 2.45) is 5.16 Å². The fourth-order valence-corrected chi connectivity index (χ4v) is 2.57. The molecule has 1 heterocycles. The molecule has 0 saturated carbocycles. The summed E-state index contributed by atoms with van der Waals surface area (Å²) in [5, 5.41) is 15.6. The molecule has 0 spiro atoms. The van der Waals surface area contributed by atoms with E-state index in [1.165, 1.54) is 7.11 Å². The molecule has 1 aliphatic rings. The van der Waals surface area contributed by atoms with Crippen LogP contribution in [0.25, 0.3) is 0 Å². The second-order valence-electron chi connectivity index (χ2n) is 6.20. The Morgan fingerprint density at radius 3 is 2.39 bits per heavy atom. The van der Waals surface area contributed by atoms with Gasteiger partial charge in [-0.25, -0.2) is 0 Å². The van der Waals surface area contributed by atoms with Gasteiger partial charge >= 0.3 is 12.0 Å². The third kappa shape index (κ3) is 4.09. The molecule has 3 rings (SSSR count). The number of rotatable bonds is 5. The van der Waals surface area contributed by atoms with Crippen LogP contribution in [0.2, 0.25) is 0 Å². The molecule has 0 aromatic heterocycles. The molecule has 0 fully saturated rings. The Balaban J connectivity index is 1.58. The molecule has 2 aromatic rings. The fraction of sp³-hybridized carbons (Fsp3) is 0.263. The van der Waals surface area contributed by atoms with E-state index >= 15 is 0 Å². The van der Waals surface area contributed by atoms with E-state index in [9.17, 15) is 23.1 Å². The first-order valence-corrected chi connectivity index (χ1v) is 8.27. The lowest BCUT2D eigenvalue weighted by Crippen LogP contribution is -2.45. The van der Waals surface area contributed by atoms with E-state index in [-0.39, 0.29) is 18.2 Å². The van der Waals surface area contributed by atoms with Crippen molar-refractivity contribution in [3.05, 3.63) is 65.2 Å². The maximum atomic E-state index is 12.8. The monoisotopic (exact) mass is 394 g/mol. The van der Waals surface area contributed by atoms with E-state index in [1.54, 1.807) is 48.5 Å². The van der Waals surface area contributed by atoms with Gasteiger partial charge in [0, 0.05) is 12.1 Å². The van der Waals surface area contributed by atoms with Crippen molar-refractivity contribution in [3.63, 3.8) is 0 Å². The van der Waals surface area contributed by atoms with Gasteiger partial charge in [0.25, 0.3) is 5.91 Å². The second kappa shape index (κ2) is 7.51. The largest absolute Gasteiger partial charge is 0.497 e. The Bertz CT molecular complexity index is 880. The van der Waals surface area contributed by atoms with Crippen LogP contribution in [0.1, 0.15) is 27.9 Å². The number of halogens is 3. The molecule has 1 unspecified atom stereocenters. The summed E-state index contributed by atoms with van der Waals surface area (Å²) in [6, 6.07) is 13.0. The fourth-order valence-electron chi connectivity index (χ4n) is 2.57. The van der Waals surface area contributed by atoms with Gasteiger partial charge in [0.2, 0.25) is 0 Å². The number of methoxy groups -OCH3 is 1. The van der Waals surface area contributed by atoms with E-state index in [4.69, 9.17) is 4.74 Å². The van der Waals surface area contributed by atoms with Crippen LogP contribution in [0, 0.1) is 0 Å². The van der Waals surface area contributed by atoms with Gasteiger partial charge in [-0.3, -0.25) is 4.79 Å². The van der Waals surface area contributed by atoms with Crippen molar-refractivity contribution in [3.8, 4) is 5.75 Å². The minimum atomic E-state index is -4.94. The topological polar surface area (TPSA) is 80.2 Å². The van der Waals surface area contributed by atoms with Gasteiger partial charge in [0.1, 0.15) is 5.75 Å². The highest BCUT2D eigenvalue weighted by molar-refractivity contribution is 6.01. The van der Waals surface area contributed by atoms with Gasteiger partial charge in [-0.1, -0.05) is 29.4 Å². The number of benzene rings is 2. The van der Waals surface area contributed by atoms with Gasteiger partial charge in [-0.05, 0) is 35.4 Å². The lowest BCUT2D eigenvalue weighted by molar-refractivity contribution is -0.355. The first-order chi connectivity index (χ1) is 13.2. The van der Waals surface area contributed by atoms with Gasteiger partial charge in [0.05, 0.1) is 19.2 Å². The quantitative estimate of drug-likeness (QED) is 0.817. The van der Waals surface area contributed by atoms with Crippen molar-refractivity contribution in [1.29, 1.82) is 0 Å². The van der Waals surface area contributed by atoms with E-state index in [0.29, 0.717) is 16.9 Å². The molecule has 0 saturated heterocycles. The second-order valence-corrected chi connectivity index (χ2v) is 6.20. The smallest absolute Gasteiger partial charge is 0.458 e. The maximum absolute atomic E-state index is 12.8. The number of hydrogen-bond donors (Lipinski definition) is 2. The van der Waals surface area contributed by atoms with Crippen LogP contribution in [0.4, 0.5) is 13.2 Å². The summed E-state index contributed by atoms with van der Waals surface area (Å²) in [5.74, 6) is -2.92. The summed E-state index contributed by atoms with van der Waals surface area (Å²) in [6.07, 6.45) is -5.73. The SMILES string of the molecule is COc1ccc(C(=O)NCc2ccc(C3=NOC(O)(C(F)(F)F)C3)cc2)cc1. The Morgan fingerprint density at radius 1 is 1.21 bits per heavy atom. The number of nitrogens with zero attached hydrogens (tertiary/aromatic N) is 1. The molecule has 1 aliphatic heterocycles. The normalized spacial score (nSPS) is 19.0. The van der Waals surface area contributed by atoms with Crippen LogP contribution in [0.5, 0.6) is 5.75 Å². The Morgan fingerprint density at radius 2 is 1.86 bits per heavy atom. The highest BCUT2D eigenvalue weighted by Crippen LogP contribution is 2.38. The van der Waals surface area contributed by atoms with Gasteiger partial charge in [-0.2, -0.15) is 13.2 Å². The lowest BCUT2D eigenvalue weighted by Gasteiger charge is -2.22. The summed E-state index contributed by atoms with van der Waals surface area (Å²) in [7, 11) is 1.53. The molecule has 1 atom stereocenters. The summed E-state index contributed by atoms with van der Waals surface area (Å²) in [6.45, 7) is 0.237. The molecule has 0 bridgehead atoms. The Kier molecular flexibility index (Phi) is 5.28. The zero-order valence-corrected chi connectivity index (χ0v) is 14.8. The summed E-state index contributed by atoms with van der Waals surface area (Å²) in [4.78, 5) is 16.3. The third-order valence-electron chi connectivity index (χ3n) is 4.25. The number of aliphatic hydroxyl groups is 1. The number of oxime groups is 1. The Hall–Kier alpha value is -3.07. The molecule has 6 nitrogen and oxygen atoms in total. The van der Waals surface area contributed by atoms with Crippen LogP contribution in [-0.2, 0) is 11.4 Å². The molecular formula is C19H17F3N2O4. The molecular weight excluding hydrogens is 377 g/mol. The minimum Gasteiger partial charge on any atom is -0.497 e. The average Bonchev–Trinajstić information content (AvgIpc) is 3.10. The standard InChI is InChI=1S/C19H17F3N2O4/c1-27-15-8-6-14(7-9-15)17(25)23-11-12-2-4-13(5-3-12)16-10-18(26,28-24-16)19(20,21)22/h2-9,26H,10-11H2,1H3,(H,23,25). The zero-order chi connectivity index (χ0) is 20.4. The number of alkyl halides is 3. The summed E-state index contributed by atoms with van der Waals surface area (Å²) < 4.78 is 43.3. The van der Waals surface area contributed by atoms with Crippen LogP contribution in [0.15, 0.2) is 53.7 Å². The number of amides is 1. The maximum Gasteiger partial charge on any atom is 0.458 e. The molecule has 2 aromatic carbocycles. The molecule has 148 valence electrons. The lowest BCUT2D eigenvalue weighted by atomic mass is 10.0. The molecule has 28 heavy (non-hydrogen) atoms. The van der Waals surface area contributed by atoms with Crippen molar-refractivity contribution in [2.45, 2.75) is 24.9 Å². The van der Waals surface area contributed by atoms with Crippen LogP contribution < -0.4 is 10.1 Å². The predicted molar refractivity (Wildman–Crippen MR) is 93.8 cm³/mol. The van der Waals surface area contributed by atoms with Gasteiger partial charge < -0.3 is 20.0 Å². The highest BCUT2D eigenvalue weighted by atomic mass is 19.4. The zero-order valence-electron chi connectivity index (χ0n) is 14.8. The Labute approximate surface area is 158 Å². The van der Waals surface area contributed by atoms with E-state index in [0.717, 1.165) is 5.56 Å². The number of carbonyl (C=O) groups is 1. The number of ether oxygens (including phenoxy) is 1. The van der Waals surface area contributed by atoms with Gasteiger partial charge in [0.15, 0.2) is 0 Å². The molecule has 9 heteroatoms. The molecule has 2 N–H and O–H groups in total.